The van der Waals surface area contributed by atoms with E-state index < -0.39 is 0 Å². The van der Waals surface area contributed by atoms with Crippen molar-refractivity contribution in [3.05, 3.63) is 35.4 Å². The fourth-order valence-corrected chi connectivity index (χ4v) is 2.37. The summed E-state index contributed by atoms with van der Waals surface area (Å²) < 4.78 is 0. The predicted molar refractivity (Wildman–Crippen MR) is 73.3 cm³/mol. The molecule has 18 heavy (non-hydrogen) atoms. The standard InChI is InChI=1S/C15H22N2O/c1-12-7-4-5-8-13(12)11-17-15(18)14-9-3-2-6-10-16-14/h4-5,7-8,14,16H,2-3,6,9-11H2,1H3,(H,17,18). The molecular weight excluding hydrogens is 224 g/mol. The fourth-order valence-electron chi connectivity index (χ4n) is 2.37. The Hall–Kier alpha value is -1.35. The van der Waals surface area contributed by atoms with Gasteiger partial charge in [0.25, 0.3) is 0 Å². The Balaban J connectivity index is 1.86. The molecule has 0 aromatic heterocycles. The van der Waals surface area contributed by atoms with Crippen molar-refractivity contribution in [2.75, 3.05) is 6.54 Å². The van der Waals surface area contributed by atoms with Gasteiger partial charge >= 0.3 is 0 Å². The maximum atomic E-state index is 12.1. The SMILES string of the molecule is Cc1ccccc1CNC(=O)C1CCCCCN1. The highest BCUT2D eigenvalue weighted by Gasteiger charge is 2.18. The van der Waals surface area contributed by atoms with Crippen LogP contribution in [0, 0.1) is 6.92 Å². The molecule has 0 aliphatic carbocycles. The molecule has 0 bridgehead atoms. The average molecular weight is 246 g/mol. The van der Waals surface area contributed by atoms with Crippen LogP contribution in [-0.4, -0.2) is 18.5 Å². The van der Waals surface area contributed by atoms with Gasteiger partial charge in [-0.3, -0.25) is 4.79 Å². The summed E-state index contributed by atoms with van der Waals surface area (Å²) in [5, 5.41) is 6.36. The lowest BCUT2D eigenvalue weighted by atomic mass is 10.1. The Labute approximate surface area is 109 Å². The zero-order valence-electron chi connectivity index (χ0n) is 11.0. The third-order valence-electron chi connectivity index (χ3n) is 3.59. The molecule has 1 aromatic carbocycles. The molecule has 1 aromatic rings. The third-order valence-corrected chi connectivity index (χ3v) is 3.59. The van der Waals surface area contributed by atoms with Gasteiger partial charge in [0.1, 0.15) is 0 Å². The quantitative estimate of drug-likeness (QED) is 0.858. The van der Waals surface area contributed by atoms with E-state index in [4.69, 9.17) is 0 Å². The topological polar surface area (TPSA) is 41.1 Å². The molecule has 1 heterocycles. The summed E-state index contributed by atoms with van der Waals surface area (Å²) in [5.41, 5.74) is 2.42. The zero-order chi connectivity index (χ0) is 12.8. The van der Waals surface area contributed by atoms with Crippen molar-refractivity contribution in [2.45, 2.75) is 45.2 Å². The number of nitrogens with one attached hydrogen (secondary N) is 2. The lowest BCUT2D eigenvalue weighted by molar-refractivity contribution is -0.123. The molecule has 0 saturated carbocycles. The molecule has 1 aliphatic heterocycles. The van der Waals surface area contributed by atoms with Gasteiger partial charge in [0.15, 0.2) is 0 Å². The minimum absolute atomic E-state index is 0.00322. The first kappa shape index (κ1) is 13.1. The molecule has 0 spiro atoms. The number of carbonyl (C=O) groups excluding carboxylic acids is 1. The molecule has 1 saturated heterocycles. The molecule has 2 N–H and O–H groups in total. The Morgan fingerprint density at radius 2 is 2.17 bits per heavy atom. The molecule has 2 rings (SSSR count). The van der Waals surface area contributed by atoms with Crippen molar-refractivity contribution in [3.63, 3.8) is 0 Å². The molecular formula is C15H22N2O. The minimum atomic E-state index is -0.00322. The van der Waals surface area contributed by atoms with Gasteiger partial charge in [0.2, 0.25) is 5.91 Å². The summed E-state index contributed by atoms with van der Waals surface area (Å²) in [6.45, 7) is 3.66. The maximum Gasteiger partial charge on any atom is 0.237 e. The van der Waals surface area contributed by atoms with Gasteiger partial charge in [-0.1, -0.05) is 37.1 Å². The van der Waals surface area contributed by atoms with Crippen LogP contribution >= 0.6 is 0 Å². The van der Waals surface area contributed by atoms with Crippen LogP contribution < -0.4 is 10.6 Å². The van der Waals surface area contributed by atoms with Gasteiger partial charge in [-0.25, -0.2) is 0 Å². The van der Waals surface area contributed by atoms with Crippen LogP contribution in [0.2, 0.25) is 0 Å². The van der Waals surface area contributed by atoms with E-state index in [1.54, 1.807) is 0 Å². The van der Waals surface area contributed by atoms with Crippen molar-refractivity contribution >= 4 is 5.91 Å². The molecule has 1 unspecified atom stereocenters. The van der Waals surface area contributed by atoms with E-state index in [-0.39, 0.29) is 11.9 Å². The number of rotatable bonds is 3. The summed E-state index contributed by atoms with van der Waals surface area (Å²) in [7, 11) is 0. The number of benzene rings is 1. The third kappa shape index (κ3) is 3.57. The Morgan fingerprint density at radius 1 is 1.33 bits per heavy atom. The average Bonchev–Trinajstić information content (AvgIpc) is 2.66. The molecule has 3 nitrogen and oxygen atoms in total. The van der Waals surface area contributed by atoms with E-state index in [0.29, 0.717) is 6.54 Å². The summed E-state index contributed by atoms with van der Waals surface area (Å²) in [5.74, 6) is 0.139. The minimum Gasteiger partial charge on any atom is -0.351 e. The van der Waals surface area contributed by atoms with Gasteiger partial charge < -0.3 is 10.6 Å². The van der Waals surface area contributed by atoms with E-state index in [9.17, 15) is 4.79 Å². The van der Waals surface area contributed by atoms with Crippen molar-refractivity contribution in [2.24, 2.45) is 0 Å². The Morgan fingerprint density at radius 3 is 3.00 bits per heavy atom. The predicted octanol–water partition coefficient (Wildman–Crippen LogP) is 2.14. The number of amides is 1. The van der Waals surface area contributed by atoms with E-state index in [1.165, 1.54) is 24.0 Å². The first-order chi connectivity index (χ1) is 8.77. The first-order valence-corrected chi connectivity index (χ1v) is 6.83. The highest BCUT2D eigenvalue weighted by molar-refractivity contribution is 5.81. The van der Waals surface area contributed by atoms with Crippen LogP contribution in [0.15, 0.2) is 24.3 Å². The van der Waals surface area contributed by atoms with E-state index in [1.807, 2.05) is 12.1 Å². The lowest BCUT2D eigenvalue weighted by Crippen LogP contribution is -2.43. The molecule has 1 atom stereocenters. The van der Waals surface area contributed by atoms with Crippen LogP contribution in [0.3, 0.4) is 0 Å². The van der Waals surface area contributed by atoms with Crippen LogP contribution in [0.1, 0.15) is 36.8 Å². The van der Waals surface area contributed by atoms with Crippen LogP contribution in [0.4, 0.5) is 0 Å². The normalized spacial score (nSPS) is 20.2. The van der Waals surface area contributed by atoms with Crippen molar-refractivity contribution in [1.82, 2.24) is 10.6 Å². The fraction of sp³-hybridized carbons (Fsp3) is 0.533. The van der Waals surface area contributed by atoms with E-state index in [0.717, 1.165) is 19.4 Å². The van der Waals surface area contributed by atoms with Crippen molar-refractivity contribution in [1.29, 1.82) is 0 Å². The number of hydrogen-bond acceptors (Lipinski definition) is 2. The molecule has 98 valence electrons. The summed E-state index contributed by atoms with van der Waals surface area (Å²) in [6.07, 6.45) is 4.52. The second-order valence-corrected chi connectivity index (χ2v) is 5.00. The van der Waals surface area contributed by atoms with Crippen LogP contribution in [0.25, 0.3) is 0 Å². The number of hydrogen-bond donors (Lipinski definition) is 2. The van der Waals surface area contributed by atoms with Crippen molar-refractivity contribution < 1.29 is 4.79 Å². The molecule has 3 heteroatoms. The monoisotopic (exact) mass is 246 g/mol. The molecule has 1 aliphatic rings. The lowest BCUT2D eigenvalue weighted by Gasteiger charge is -2.16. The van der Waals surface area contributed by atoms with Crippen LogP contribution in [0.5, 0.6) is 0 Å². The van der Waals surface area contributed by atoms with Crippen LogP contribution in [-0.2, 0) is 11.3 Å². The highest BCUT2D eigenvalue weighted by Crippen LogP contribution is 2.10. The first-order valence-electron chi connectivity index (χ1n) is 6.83. The van der Waals surface area contributed by atoms with Gasteiger partial charge in [-0.2, -0.15) is 0 Å². The van der Waals surface area contributed by atoms with Gasteiger partial charge in [-0.15, -0.1) is 0 Å². The Bertz CT molecular complexity index is 395. The summed E-state index contributed by atoms with van der Waals surface area (Å²) in [6, 6.07) is 8.17. The summed E-state index contributed by atoms with van der Waals surface area (Å²) >= 11 is 0. The van der Waals surface area contributed by atoms with Gasteiger partial charge in [0, 0.05) is 6.54 Å². The number of aryl methyl sites for hydroxylation is 1. The smallest absolute Gasteiger partial charge is 0.237 e. The van der Waals surface area contributed by atoms with Crippen molar-refractivity contribution in [3.8, 4) is 0 Å². The second-order valence-electron chi connectivity index (χ2n) is 5.00. The summed E-state index contributed by atoms with van der Waals surface area (Å²) in [4.78, 5) is 12.1. The molecule has 1 fully saturated rings. The van der Waals surface area contributed by atoms with E-state index >= 15 is 0 Å². The molecule has 1 amide bonds. The molecule has 0 radical (unpaired) electrons. The second kappa shape index (κ2) is 6.55. The van der Waals surface area contributed by atoms with E-state index in [2.05, 4.69) is 29.7 Å². The highest BCUT2D eigenvalue weighted by atomic mass is 16.2. The Kier molecular flexibility index (Phi) is 4.76. The largest absolute Gasteiger partial charge is 0.351 e. The van der Waals surface area contributed by atoms with Gasteiger partial charge in [0.05, 0.1) is 6.04 Å². The van der Waals surface area contributed by atoms with Gasteiger partial charge in [-0.05, 0) is 37.4 Å². The zero-order valence-corrected chi connectivity index (χ0v) is 11.0. The maximum absolute atomic E-state index is 12.1. The number of carbonyl (C=O) groups is 1.